The lowest BCUT2D eigenvalue weighted by atomic mass is 9.88. The number of hydrogen-bond donors (Lipinski definition) is 1. The molecule has 2 aromatic heterocycles. The lowest BCUT2D eigenvalue weighted by molar-refractivity contribution is -0.139. The third-order valence-corrected chi connectivity index (χ3v) is 5.80. The van der Waals surface area contributed by atoms with E-state index in [2.05, 4.69) is 27.9 Å². The van der Waals surface area contributed by atoms with Crippen molar-refractivity contribution < 1.29 is 9.59 Å². The molecule has 1 unspecified atom stereocenters. The van der Waals surface area contributed by atoms with Gasteiger partial charge < -0.3 is 14.8 Å². The molecule has 8 heteroatoms. The molecule has 3 heterocycles. The van der Waals surface area contributed by atoms with Gasteiger partial charge in [0.1, 0.15) is 23.2 Å². The van der Waals surface area contributed by atoms with Crippen molar-refractivity contribution in [3.05, 3.63) is 30.2 Å². The number of aromatic nitrogens is 3. The summed E-state index contributed by atoms with van der Waals surface area (Å²) in [4.78, 5) is 41.4. The molecule has 1 amide bonds. The number of nitriles is 1. The maximum atomic E-state index is 13.0. The van der Waals surface area contributed by atoms with Crippen molar-refractivity contribution in [2.75, 3.05) is 24.5 Å². The number of carbonyl (C=O) groups excluding carboxylic acids is 2. The van der Waals surface area contributed by atoms with Gasteiger partial charge in [-0.15, -0.1) is 0 Å². The summed E-state index contributed by atoms with van der Waals surface area (Å²) in [7, 11) is 0. The van der Waals surface area contributed by atoms with Gasteiger partial charge in [0, 0.05) is 19.3 Å². The van der Waals surface area contributed by atoms with Gasteiger partial charge in [0.05, 0.1) is 24.0 Å². The molecule has 0 saturated carbocycles. The average molecular weight is 423 g/mol. The van der Waals surface area contributed by atoms with Gasteiger partial charge in [0.25, 0.3) is 0 Å². The van der Waals surface area contributed by atoms with E-state index in [1.807, 2.05) is 24.8 Å². The number of aromatic amines is 1. The number of carbonyl (C=O) groups is 2. The first kappa shape index (κ1) is 22.5. The molecule has 8 nitrogen and oxygen atoms in total. The first-order valence-electron chi connectivity index (χ1n) is 10.6. The Hall–Kier alpha value is -3.21. The standard InChI is InChI=1S/C23H30N6O2/c1-15(2)10-17(30)11-29(21-18-6-8-25-20(18)26-14-27-21)19-12-28(9-7-16(19)3)22(31)23(4,5)13-24/h6,8,10,14,16,19H,7,9,11-12H2,1-5H3,(H,25,26,27)/t16-,19?/m1/s1. The molecule has 3 rings (SSSR count). The van der Waals surface area contributed by atoms with Crippen molar-refractivity contribution in [3.63, 3.8) is 0 Å². The van der Waals surface area contributed by atoms with Crippen molar-refractivity contribution in [1.29, 1.82) is 5.26 Å². The molecule has 1 aliphatic heterocycles. The molecule has 2 aromatic rings. The van der Waals surface area contributed by atoms with E-state index in [9.17, 15) is 14.9 Å². The fourth-order valence-corrected chi connectivity index (χ4v) is 4.05. The maximum absolute atomic E-state index is 13.0. The summed E-state index contributed by atoms with van der Waals surface area (Å²) in [5, 5.41) is 10.3. The fraction of sp³-hybridized carbons (Fsp3) is 0.522. The van der Waals surface area contributed by atoms with Crippen LogP contribution in [0, 0.1) is 22.7 Å². The quantitative estimate of drug-likeness (QED) is 0.717. The predicted octanol–water partition coefficient (Wildman–Crippen LogP) is 3.09. The molecule has 164 valence electrons. The average Bonchev–Trinajstić information content (AvgIpc) is 3.20. The number of anilines is 1. The van der Waals surface area contributed by atoms with E-state index in [1.54, 1.807) is 31.0 Å². The van der Waals surface area contributed by atoms with Gasteiger partial charge in [-0.05, 0) is 52.2 Å². The largest absolute Gasteiger partial charge is 0.346 e. The number of amides is 1. The Kier molecular flexibility index (Phi) is 6.44. The van der Waals surface area contributed by atoms with Crippen LogP contribution in [-0.2, 0) is 9.59 Å². The molecule has 0 bridgehead atoms. The van der Waals surface area contributed by atoms with Crippen molar-refractivity contribution in [3.8, 4) is 6.07 Å². The number of H-pyrrole nitrogens is 1. The second-order valence-corrected chi connectivity index (χ2v) is 9.07. The van der Waals surface area contributed by atoms with Crippen LogP contribution in [0.4, 0.5) is 5.82 Å². The number of fused-ring (bicyclic) bond motifs is 1. The first-order valence-corrected chi connectivity index (χ1v) is 10.6. The minimum Gasteiger partial charge on any atom is -0.346 e. The summed E-state index contributed by atoms with van der Waals surface area (Å²) in [6, 6.07) is 3.89. The first-order chi connectivity index (χ1) is 14.6. The van der Waals surface area contributed by atoms with Crippen molar-refractivity contribution in [2.24, 2.45) is 11.3 Å². The molecular formula is C23H30N6O2. The summed E-state index contributed by atoms with van der Waals surface area (Å²) < 4.78 is 0. The highest BCUT2D eigenvalue weighted by molar-refractivity contribution is 5.96. The van der Waals surface area contributed by atoms with Crippen LogP contribution in [0.2, 0.25) is 0 Å². The number of likely N-dealkylation sites (tertiary alicyclic amines) is 1. The van der Waals surface area contributed by atoms with Crippen LogP contribution >= 0.6 is 0 Å². The van der Waals surface area contributed by atoms with Crippen LogP contribution in [0.5, 0.6) is 0 Å². The molecule has 31 heavy (non-hydrogen) atoms. The number of ketones is 1. The summed E-state index contributed by atoms with van der Waals surface area (Å²) >= 11 is 0. The minimum atomic E-state index is -1.09. The van der Waals surface area contributed by atoms with E-state index < -0.39 is 5.41 Å². The van der Waals surface area contributed by atoms with Crippen LogP contribution in [0.25, 0.3) is 11.0 Å². The van der Waals surface area contributed by atoms with Crippen LogP contribution < -0.4 is 4.90 Å². The van der Waals surface area contributed by atoms with Crippen molar-refractivity contribution >= 4 is 28.5 Å². The molecule has 0 aromatic carbocycles. The van der Waals surface area contributed by atoms with Gasteiger partial charge in [-0.2, -0.15) is 5.26 Å². The minimum absolute atomic E-state index is 0.0182. The Bertz CT molecular complexity index is 1040. The molecule has 2 atom stereocenters. The van der Waals surface area contributed by atoms with Gasteiger partial charge in [-0.1, -0.05) is 12.5 Å². The Morgan fingerprint density at radius 2 is 2.13 bits per heavy atom. The highest BCUT2D eigenvalue weighted by Gasteiger charge is 2.39. The number of piperidine rings is 1. The maximum Gasteiger partial charge on any atom is 0.242 e. The number of hydrogen-bond acceptors (Lipinski definition) is 6. The van der Waals surface area contributed by atoms with Gasteiger partial charge in [-0.25, -0.2) is 9.97 Å². The molecule has 1 aliphatic rings. The molecule has 1 N–H and O–H groups in total. The second kappa shape index (κ2) is 8.88. The third-order valence-electron chi connectivity index (χ3n) is 5.80. The lowest BCUT2D eigenvalue weighted by Crippen LogP contribution is -2.56. The number of nitrogens with zero attached hydrogens (tertiary/aromatic N) is 5. The third kappa shape index (κ3) is 4.76. The summed E-state index contributed by atoms with van der Waals surface area (Å²) in [6.07, 6.45) is 5.71. The zero-order valence-corrected chi connectivity index (χ0v) is 18.8. The molecule has 0 radical (unpaired) electrons. The molecule has 1 saturated heterocycles. The number of rotatable bonds is 6. The summed E-state index contributed by atoms with van der Waals surface area (Å²) in [5.74, 6) is 0.706. The van der Waals surface area contributed by atoms with Gasteiger partial charge >= 0.3 is 0 Å². The van der Waals surface area contributed by atoms with Gasteiger partial charge in [0.15, 0.2) is 5.78 Å². The predicted molar refractivity (Wildman–Crippen MR) is 119 cm³/mol. The fourth-order valence-electron chi connectivity index (χ4n) is 4.05. The van der Waals surface area contributed by atoms with Crippen LogP contribution in [0.3, 0.4) is 0 Å². The lowest BCUT2D eigenvalue weighted by Gasteiger charge is -2.44. The molecular weight excluding hydrogens is 392 g/mol. The number of nitrogens with one attached hydrogen (secondary N) is 1. The summed E-state index contributed by atoms with van der Waals surface area (Å²) in [6.45, 7) is 10.4. The van der Waals surface area contributed by atoms with E-state index in [-0.39, 0.29) is 30.2 Å². The highest BCUT2D eigenvalue weighted by atomic mass is 16.2. The Morgan fingerprint density at radius 3 is 2.81 bits per heavy atom. The van der Waals surface area contributed by atoms with Crippen molar-refractivity contribution in [1.82, 2.24) is 19.9 Å². The SMILES string of the molecule is CC(C)=CC(=O)CN(c1ncnc2[nH]ccc12)C1CN(C(=O)C(C)(C)C#N)CC[C@H]1C. The monoisotopic (exact) mass is 422 g/mol. The van der Waals surface area contributed by atoms with Crippen LogP contribution in [0.1, 0.15) is 41.0 Å². The van der Waals surface area contributed by atoms with Crippen molar-refractivity contribution in [2.45, 2.75) is 47.1 Å². The molecule has 0 spiro atoms. The Labute approximate surface area is 183 Å². The summed E-state index contributed by atoms with van der Waals surface area (Å²) in [5.41, 5.74) is 0.548. The van der Waals surface area contributed by atoms with Gasteiger partial charge in [0.2, 0.25) is 5.91 Å². The van der Waals surface area contributed by atoms with E-state index >= 15 is 0 Å². The highest BCUT2D eigenvalue weighted by Crippen LogP contribution is 2.31. The Morgan fingerprint density at radius 1 is 1.39 bits per heavy atom. The van der Waals surface area contributed by atoms with E-state index in [1.165, 1.54) is 6.33 Å². The van der Waals surface area contributed by atoms with E-state index in [0.29, 0.717) is 24.6 Å². The van der Waals surface area contributed by atoms with Gasteiger partial charge in [-0.3, -0.25) is 9.59 Å². The normalized spacial score (nSPS) is 19.0. The van der Waals surface area contributed by atoms with E-state index in [0.717, 1.165) is 17.4 Å². The Balaban J connectivity index is 2.00. The van der Waals surface area contributed by atoms with Crippen LogP contribution in [0.15, 0.2) is 30.2 Å². The van der Waals surface area contributed by atoms with E-state index in [4.69, 9.17) is 0 Å². The smallest absolute Gasteiger partial charge is 0.242 e. The molecule has 1 fully saturated rings. The second-order valence-electron chi connectivity index (χ2n) is 9.07. The molecule has 0 aliphatic carbocycles. The zero-order chi connectivity index (χ0) is 22.8. The number of allylic oxidation sites excluding steroid dienone is 1. The van der Waals surface area contributed by atoms with Crippen LogP contribution in [-0.4, -0.2) is 57.2 Å². The zero-order valence-electron chi connectivity index (χ0n) is 18.8. The topological polar surface area (TPSA) is 106 Å².